The molecule has 64 heavy (non-hydrogen) atoms. The Bertz CT molecular complexity index is 3280. The third kappa shape index (κ3) is 8.05. The van der Waals surface area contributed by atoms with Crippen LogP contribution in [0.3, 0.4) is 0 Å². The molecule has 0 saturated carbocycles. The van der Waals surface area contributed by atoms with E-state index in [1.165, 1.54) is 0 Å². The predicted molar refractivity (Wildman–Crippen MR) is 270 cm³/mol. The second kappa shape index (κ2) is 17.6. The highest BCUT2D eigenvalue weighted by Crippen LogP contribution is 2.44. The molecule has 0 radical (unpaired) electrons. The van der Waals surface area contributed by atoms with Crippen LogP contribution in [0.25, 0.3) is 83.9 Å². The monoisotopic (exact) mass is 839 g/mol. The van der Waals surface area contributed by atoms with Crippen LogP contribution in [0, 0.1) is 0 Å². The molecule has 0 atom stereocenters. The van der Waals surface area contributed by atoms with Gasteiger partial charge in [-0.2, -0.15) is 0 Å². The van der Waals surface area contributed by atoms with Crippen LogP contribution in [0.5, 0.6) is 5.75 Å². The summed E-state index contributed by atoms with van der Waals surface area (Å²) in [4.78, 5) is 10.4. The molecule has 4 heteroatoms. The minimum Gasteiger partial charge on any atom is -0.507 e. The molecule has 318 valence electrons. The van der Waals surface area contributed by atoms with Crippen LogP contribution in [-0.4, -0.2) is 19.6 Å². The lowest BCUT2D eigenvalue weighted by Crippen LogP contribution is -2.02. The van der Waals surface area contributed by atoms with E-state index in [1.807, 2.05) is 151 Å². The minimum atomic E-state index is -1.19. The smallest absolute Gasteiger partial charge is 0.149 e. The third-order valence-electron chi connectivity index (χ3n) is 12.2. The maximum atomic E-state index is 12.3. The van der Waals surface area contributed by atoms with Crippen molar-refractivity contribution in [2.45, 2.75) is 79.0 Å². The first-order valence-corrected chi connectivity index (χ1v) is 22.0. The molecule has 0 unspecified atom stereocenters. The number of hydrogen-bond acceptors (Lipinski definition) is 3. The Kier molecular flexibility index (Phi) is 10.3. The number of nitrogens with zero attached hydrogens (tertiary/aromatic N) is 3. The predicted octanol–water partition coefficient (Wildman–Crippen LogP) is 16.6. The van der Waals surface area contributed by atoms with Crippen molar-refractivity contribution in [3.63, 3.8) is 0 Å². The van der Waals surface area contributed by atoms with E-state index in [0.29, 0.717) is 28.0 Å². The summed E-state index contributed by atoms with van der Waals surface area (Å²) in [5.74, 6) is -3.67. The summed E-state index contributed by atoms with van der Waals surface area (Å²) in [6.07, 6.45) is 1.86. The molecule has 0 aliphatic rings. The third-order valence-corrected chi connectivity index (χ3v) is 12.2. The quantitative estimate of drug-likeness (QED) is 0.141. The van der Waals surface area contributed by atoms with Crippen LogP contribution in [0.4, 0.5) is 0 Å². The van der Waals surface area contributed by atoms with Gasteiger partial charge in [0.25, 0.3) is 0 Å². The van der Waals surface area contributed by atoms with Crippen molar-refractivity contribution in [3.8, 4) is 78.6 Å². The zero-order valence-electron chi connectivity index (χ0n) is 42.0. The van der Waals surface area contributed by atoms with Crippen LogP contribution in [0.1, 0.15) is 107 Å². The fourth-order valence-electron chi connectivity index (χ4n) is 8.85. The number of aromatic nitrogens is 3. The second-order valence-electron chi connectivity index (χ2n) is 17.6. The Morgan fingerprint density at radius 3 is 1.69 bits per heavy atom. The van der Waals surface area contributed by atoms with Gasteiger partial charge < -0.3 is 5.11 Å². The number of fused-ring (bicyclic) bond motifs is 1. The Morgan fingerprint density at radius 1 is 0.469 bits per heavy atom. The lowest BCUT2D eigenvalue weighted by Gasteiger charge is -2.21. The van der Waals surface area contributed by atoms with Crippen molar-refractivity contribution >= 4 is 11.0 Å². The van der Waals surface area contributed by atoms with E-state index in [-0.39, 0.29) is 5.75 Å². The molecule has 4 nitrogen and oxygen atoms in total. The van der Waals surface area contributed by atoms with Crippen LogP contribution in [0.2, 0.25) is 0 Å². The molecule has 0 spiro atoms. The molecule has 0 fully saturated rings. The maximum Gasteiger partial charge on any atom is 0.149 e. The summed E-state index contributed by atoms with van der Waals surface area (Å²) in [6.45, 7) is 14.6. The van der Waals surface area contributed by atoms with Gasteiger partial charge in [-0.15, -0.1) is 0 Å². The highest BCUT2D eigenvalue weighted by molar-refractivity contribution is 5.98. The highest BCUT2D eigenvalue weighted by atomic mass is 16.3. The summed E-state index contributed by atoms with van der Waals surface area (Å²) < 4.78 is 38.6. The number of pyridine rings is 1. The summed E-state index contributed by atoms with van der Waals surface area (Å²) in [7, 11) is 0. The molecular formula is C60H57N3O. The molecule has 7 aromatic carbocycles. The number of para-hydroxylation sites is 1. The first-order valence-electron chi connectivity index (χ1n) is 24.0. The number of phenolic OH excluding ortho intramolecular Hbond substituents is 1. The van der Waals surface area contributed by atoms with E-state index in [2.05, 4.69) is 59.2 Å². The standard InChI is InChI=1S/C60H57N3O/c1-37(2)45-34-53(40(7)8)59(64)54(35-45)60-62-58-52(23-16-24-56(58)63(60)49-27-25-43(26-28-49)57-50(38(3)4)21-15-22-51(57)39(5)6)47-31-46(42-19-13-10-14-20-42)32-48(33-47)55-36-44(29-30-61-55)41-17-11-9-12-18-41/h9-40,64H,1-8H3/i37D,38D,39D,40D. The first kappa shape index (κ1) is 37.5. The number of benzene rings is 7. The van der Waals surface area contributed by atoms with E-state index in [1.54, 1.807) is 19.9 Å². The summed E-state index contributed by atoms with van der Waals surface area (Å²) >= 11 is 0. The van der Waals surface area contributed by atoms with Crippen molar-refractivity contribution in [3.05, 3.63) is 192 Å². The Labute approximate surface area is 384 Å². The normalized spacial score (nSPS) is 13.3. The van der Waals surface area contributed by atoms with Gasteiger partial charge >= 0.3 is 0 Å². The number of rotatable bonds is 11. The molecule has 0 aliphatic carbocycles. The lowest BCUT2D eigenvalue weighted by atomic mass is 9.85. The van der Waals surface area contributed by atoms with Crippen LogP contribution >= 0.6 is 0 Å². The fourth-order valence-corrected chi connectivity index (χ4v) is 8.85. The number of aromatic hydroxyl groups is 1. The fraction of sp³-hybridized carbons (Fsp3) is 0.200. The SMILES string of the molecule is [2H]C(C)(C)c1cc(-c2nc3c(-c4cc(-c5ccccc5)cc(-c5cc(-c6ccccc6)ccn5)c4)cccc3n2-c2ccc(-c3c(C([2H])(C)C)cccc3C([2H])(C)C)cc2)c(O)c(C([2H])(C)C)c1. The van der Waals surface area contributed by atoms with E-state index in [0.717, 1.165) is 78.1 Å². The Morgan fingerprint density at radius 2 is 1.06 bits per heavy atom. The largest absolute Gasteiger partial charge is 0.507 e. The number of imidazole rings is 1. The average Bonchev–Trinajstić information content (AvgIpc) is 3.70. The molecule has 0 aliphatic heterocycles. The summed E-state index contributed by atoms with van der Waals surface area (Å²) in [5, 5.41) is 12.3. The zero-order valence-corrected chi connectivity index (χ0v) is 38.0. The van der Waals surface area contributed by atoms with Crippen molar-refractivity contribution in [2.24, 2.45) is 0 Å². The van der Waals surface area contributed by atoms with Crippen LogP contribution in [0.15, 0.2) is 170 Å². The Hall–Kier alpha value is -7.04. The van der Waals surface area contributed by atoms with Crippen LogP contribution in [-0.2, 0) is 0 Å². The van der Waals surface area contributed by atoms with E-state index >= 15 is 0 Å². The van der Waals surface area contributed by atoms with Gasteiger partial charge in [0.15, 0.2) is 0 Å². The van der Waals surface area contributed by atoms with Gasteiger partial charge in [0.2, 0.25) is 0 Å². The average molecular weight is 840 g/mol. The summed E-state index contributed by atoms with van der Waals surface area (Å²) in [5.41, 5.74) is 15.1. The number of phenols is 1. The molecule has 0 amide bonds. The van der Waals surface area contributed by atoms with E-state index < -0.39 is 23.6 Å². The van der Waals surface area contributed by atoms with Gasteiger partial charge in [-0.1, -0.05) is 165 Å². The molecule has 0 bridgehead atoms. The molecule has 9 aromatic rings. The molecule has 0 saturated heterocycles. The number of hydrogen-bond donors (Lipinski definition) is 1. The first-order chi connectivity index (χ1) is 32.2. The summed E-state index contributed by atoms with van der Waals surface area (Å²) in [6, 6.07) is 55.2. The lowest BCUT2D eigenvalue weighted by molar-refractivity contribution is 0.466. The molecule has 9 rings (SSSR count). The van der Waals surface area contributed by atoms with Gasteiger partial charge in [0, 0.05) is 28.5 Å². The van der Waals surface area contributed by atoms with E-state index in [4.69, 9.17) is 15.5 Å². The van der Waals surface area contributed by atoms with Crippen molar-refractivity contribution in [1.29, 1.82) is 0 Å². The van der Waals surface area contributed by atoms with Crippen molar-refractivity contribution < 1.29 is 10.6 Å². The maximum absolute atomic E-state index is 12.3. The second-order valence-corrected chi connectivity index (χ2v) is 17.6. The van der Waals surface area contributed by atoms with Gasteiger partial charge in [-0.25, -0.2) is 4.98 Å². The van der Waals surface area contributed by atoms with Gasteiger partial charge in [-0.05, 0) is 139 Å². The zero-order chi connectivity index (χ0) is 48.3. The van der Waals surface area contributed by atoms with E-state index in [9.17, 15) is 5.11 Å². The molecule has 1 N–H and O–H groups in total. The topological polar surface area (TPSA) is 50.9 Å². The Balaban J connectivity index is 1.31. The highest BCUT2D eigenvalue weighted by Gasteiger charge is 2.24. The molecule has 2 aromatic heterocycles. The van der Waals surface area contributed by atoms with Crippen molar-refractivity contribution in [2.75, 3.05) is 0 Å². The molecular weight excluding hydrogens is 779 g/mol. The van der Waals surface area contributed by atoms with Crippen molar-refractivity contribution in [1.82, 2.24) is 14.5 Å². The van der Waals surface area contributed by atoms with Gasteiger partial charge in [-0.3, -0.25) is 9.55 Å². The van der Waals surface area contributed by atoms with Gasteiger partial charge in [0.05, 0.1) is 22.3 Å². The van der Waals surface area contributed by atoms with Gasteiger partial charge in [0.1, 0.15) is 11.6 Å². The molecule has 2 heterocycles. The minimum absolute atomic E-state index is 0.0561. The van der Waals surface area contributed by atoms with Crippen LogP contribution < -0.4 is 0 Å².